The number of rotatable bonds is 5. The van der Waals surface area contributed by atoms with Crippen LogP contribution in [-0.4, -0.2) is 17.1 Å². The molecule has 0 aliphatic heterocycles. The summed E-state index contributed by atoms with van der Waals surface area (Å²) in [5.74, 6) is 0.110. The van der Waals surface area contributed by atoms with E-state index in [0.717, 1.165) is 12.7 Å². The van der Waals surface area contributed by atoms with Gasteiger partial charge in [0.15, 0.2) is 0 Å². The molecular formula is C15H11I3NNaO4. The normalized spacial score (nSPS) is 12.8. The molecular weight excluding hydrogens is 662 g/mol. The first-order chi connectivity index (χ1) is 10.8. The van der Waals surface area contributed by atoms with Crippen molar-refractivity contribution in [3.8, 4) is 17.2 Å². The molecule has 2 aromatic rings. The van der Waals surface area contributed by atoms with Gasteiger partial charge in [-0.3, -0.25) is 4.79 Å². The summed E-state index contributed by atoms with van der Waals surface area (Å²) < 4.78 is 7.04. The van der Waals surface area contributed by atoms with E-state index in [2.05, 4.69) is 22.6 Å². The number of hydrogen-bond acceptors (Lipinski definition) is 4. The molecule has 9 heteroatoms. The minimum Gasteiger partial charge on any atom is -0.872 e. The van der Waals surface area contributed by atoms with Crippen molar-refractivity contribution < 1.29 is 49.3 Å². The van der Waals surface area contributed by atoms with Gasteiger partial charge in [0.05, 0.1) is 7.49 Å². The number of carboxylic acid groups (broad SMARTS) is 1. The second-order valence-corrected chi connectivity index (χ2v) is 8.31. The Morgan fingerprint density at radius 1 is 1.17 bits per heavy atom. The molecule has 0 aliphatic carbocycles. The molecule has 0 unspecified atom stereocenters. The van der Waals surface area contributed by atoms with Crippen molar-refractivity contribution >= 4 is 73.7 Å². The molecule has 0 bridgehead atoms. The fraction of sp³-hybridized carbons (Fsp3) is 0.133. The van der Waals surface area contributed by atoms with Crippen LogP contribution in [0.3, 0.4) is 0 Å². The minimum absolute atomic E-state index is 0. The van der Waals surface area contributed by atoms with Crippen LogP contribution in [0.15, 0.2) is 36.4 Å². The Kier molecular flexibility index (Phi) is 9.57. The van der Waals surface area contributed by atoms with Crippen LogP contribution < -0.4 is 45.1 Å². The van der Waals surface area contributed by atoms with Gasteiger partial charge in [-0.2, -0.15) is 0 Å². The van der Waals surface area contributed by atoms with Crippen LogP contribution >= 0.6 is 67.8 Å². The van der Waals surface area contributed by atoms with Gasteiger partial charge in [0.2, 0.25) is 0 Å². The maximum absolute atomic E-state index is 11.3. The maximum atomic E-state index is 11.3. The molecule has 0 fully saturated rings. The number of benzene rings is 2. The number of carboxylic acids is 1. The topological polar surface area (TPSA) is 95.6 Å². The quantitative estimate of drug-likeness (QED) is 0.277. The van der Waals surface area contributed by atoms with Gasteiger partial charge in [-0.15, -0.1) is 5.75 Å². The monoisotopic (exact) mass is 673 g/mol. The van der Waals surface area contributed by atoms with Crippen LogP contribution in [0.5, 0.6) is 17.2 Å². The summed E-state index contributed by atoms with van der Waals surface area (Å²) in [6, 6.07) is 9.00. The van der Waals surface area contributed by atoms with Crippen LogP contribution in [0.4, 0.5) is 0 Å². The van der Waals surface area contributed by atoms with E-state index in [1.807, 2.05) is 57.3 Å². The van der Waals surface area contributed by atoms with Gasteiger partial charge in [0.25, 0.3) is 0 Å². The van der Waals surface area contributed by atoms with Crippen molar-refractivity contribution in [1.82, 2.24) is 0 Å². The van der Waals surface area contributed by atoms with Gasteiger partial charge >= 0.3 is 35.5 Å². The molecule has 3 N–H and O–H groups in total. The third kappa shape index (κ3) is 5.84. The molecule has 122 valence electrons. The molecule has 5 nitrogen and oxygen atoms in total. The predicted molar refractivity (Wildman–Crippen MR) is 110 cm³/mol. The summed E-state index contributed by atoms with van der Waals surface area (Å²) in [7, 11) is 0. The van der Waals surface area contributed by atoms with Crippen LogP contribution in [0.1, 0.15) is 9.49 Å². The van der Waals surface area contributed by atoms with Gasteiger partial charge in [-0.05, 0) is 68.9 Å². The summed E-state index contributed by atoms with van der Waals surface area (Å²) in [5.41, 5.74) is 6.53. The Balaban J connectivity index is 0.00000288. The molecule has 0 saturated carbocycles. The molecule has 2 atom stereocenters. The summed E-state index contributed by atoms with van der Waals surface area (Å²) in [4.78, 5) is 11.0. The van der Waals surface area contributed by atoms with Crippen molar-refractivity contribution in [2.24, 2.45) is 5.73 Å². The average Bonchev–Trinajstić information content (AvgIpc) is 2.48. The summed E-state index contributed by atoms with van der Waals surface area (Å²) in [6.07, 6.45) is 0. The molecule has 0 aromatic heterocycles. The predicted octanol–water partition coefficient (Wildman–Crippen LogP) is 0.654. The largest absolute Gasteiger partial charge is 1.00 e. The second-order valence-electron chi connectivity index (χ2n) is 4.64. The van der Waals surface area contributed by atoms with Crippen LogP contribution in [0.2, 0.25) is 0 Å². The van der Waals surface area contributed by atoms with Crippen molar-refractivity contribution in [2.45, 2.75) is 9.97 Å². The number of alkyl halides is 1. The summed E-state index contributed by atoms with van der Waals surface area (Å²) in [6.45, 7) is 0. The molecule has 2 rings (SSSR count). The van der Waals surface area contributed by atoms with Gasteiger partial charge in [-0.25, -0.2) is 0 Å². The zero-order valence-electron chi connectivity index (χ0n) is 12.5. The van der Waals surface area contributed by atoms with Crippen LogP contribution in [0, 0.1) is 7.14 Å². The van der Waals surface area contributed by atoms with Gasteiger partial charge < -0.3 is 20.7 Å². The Morgan fingerprint density at radius 2 is 1.83 bits per heavy atom. The zero-order valence-corrected chi connectivity index (χ0v) is 21.0. The molecule has 0 radical (unpaired) electrons. The minimum atomic E-state index is -1.03. The average molecular weight is 673 g/mol. The van der Waals surface area contributed by atoms with Crippen molar-refractivity contribution in [2.75, 3.05) is 0 Å². The Bertz CT molecular complexity index is 745. The standard InChI is InChI=1S/C15H12I3NO4.Na/c16-10-6-8(23-12-4-1-7(20)5-11(12)17)2-3-9(10)13(18)14(19)15(21)22;/h1-6,13-14,20H,19H2,(H,21,22);/q;+1/p-1/t13-,14+;/m0./s1. The molecule has 0 heterocycles. The third-order valence-corrected chi connectivity index (χ3v) is 6.22. The molecule has 0 spiro atoms. The fourth-order valence-corrected chi connectivity index (χ4v) is 4.67. The summed E-state index contributed by atoms with van der Waals surface area (Å²) >= 11 is 6.21. The Labute approximate surface area is 202 Å². The fourth-order valence-electron chi connectivity index (χ4n) is 1.80. The van der Waals surface area contributed by atoms with E-state index >= 15 is 0 Å². The van der Waals surface area contributed by atoms with E-state index in [4.69, 9.17) is 15.6 Å². The van der Waals surface area contributed by atoms with E-state index in [9.17, 15) is 9.90 Å². The zero-order chi connectivity index (χ0) is 17.1. The SMILES string of the molecule is N[C@@H](C(=O)O)[C@@H](I)c1ccc(Oc2ccc([O-])cc2I)cc1I.[Na+]. The van der Waals surface area contributed by atoms with Crippen molar-refractivity contribution in [3.05, 3.63) is 49.1 Å². The van der Waals surface area contributed by atoms with E-state index in [-0.39, 0.29) is 39.2 Å². The van der Waals surface area contributed by atoms with Gasteiger partial charge in [-0.1, -0.05) is 40.8 Å². The van der Waals surface area contributed by atoms with E-state index in [1.54, 1.807) is 12.1 Å². The maximum Gasteiger partial charge on any atom is 1.00 e. The number of nitrogens with two attached hydrogens (primary N) is 1. The second kappa shape index (κ2) is 10.1. The molecule has 0 amide bonds. The molecule has 0 saturated heterocycles. The van der Waals surface area contributed by atoms with Crippen LogP contribution in [0.25, 0.3) is 0 Å². The van der Waals surface area contributed by atoms with Crippen molar-refractivity contribution in [1.29, 1.82) is 0 Å². The Hall–Kier alpha value is 0.660. The molecule has 2 aromatic carbocycles. The first kappa shape index (κ1) is 22.7. The number of aliphatic carboxylic acids is 1. The van der Waals surface area contributed by atoms with Gasteiger partial charge in [0, 0.05) is 3.57 Å². The van der Waals surface area contributed by atoms with Crippen molar-refractivity contribution in [3.63, 3.8) is 0 Å². The smallest absolute Gasteiger partial charge is 0.872 e. The number of hydrogen-bond donors (Lipinski definition) is 2. The number of carbonyl (C=O) groups is 1. The Morgan fingerprint density at radius 3 is 2.38 bits per heavy atom. The van der Waals surface area contributed by atoms with E-state index in [1.165, 1.54) is 12.1 Å². The van der Waals surface area contributed by atoms with E-state index < -0.39 is 12.0 Å². The van der Waals surface area contributed by atoms with E-state index in [0.29, 0.717) is 11.5 Å². The number of ether oxygens (including phenoxy) is 1. The van der Waals surface area contributed by atoms with Crippen LogP contribution in [-0.2, 0) is 4.79 Å². The molecule has 0 aliphatic rings. The first-order valence-electron chi connectivity index (χ1n) is 6.36. The summed E-state index contributed by atoms with van der Waals surface area (Å²) in [5, 5.41) is 20.3. The molecule has 24 heavy (non-hydrogen) atoms. The number of halogens is 3. The van der Waals surface area contributed by atoms with Gasteiger partial charge in [0.1, 0.15) is 17.5 Å². The third-order valence-electron chi connectivity index (χ3n) is 3.00. The first-order valence-corrected chi connectivity index (χ1v) is 9.76.